The van der Waals surface area contributed by atoms with Gasteiger partial charge in [0.05, 0.1) is 11.0 Å². The summed E-state index contributed by atoms with van der Waals surface area (Å²) in [5.41, 5.74) is 2.50. The molecule has 1 aliphatic carbocycles. The Bertz CT molecular complexity index is 688. The number of hydrogen-bond acceptors (Lipinski definition) is 4. The molecule has 0 radical (unpaired) electrons. The molecule has 0 aromatic heterocycles. The number of aliphatic hydroxyl groups excluding tert-OH is 1. The average molecular weight is 353 g/mol. The summed E-state index contributed by atoms with van der Waals surface area (Å²) in [6.07, 6.45) is 3.99. The van der Waals surface area contributed by atoms with E-state index in [4.69, 9.17) is 0 Å². The number of nitrogens with zero attached hydrogens (tertiary/aromatic N) is 2. The zero-order valence-corrected chi connectivity index (χ0v) is 15.4. The Morgan fingerprint density at radius 3 is 2.58 bits per heavy atom. The molecule has 1 saturated heterocycles. The second kappa shape index (κ2) is 7.12. The van der Waals surface area contributed by atoms with Crippen LogP contribution in [0.5, 0.6) is 0 Å². The van der Waals surface area contributed by atoms with Gasteiger partial charge in [-0.05, 0) is 62.8 Å². The molecule has 2 aliphatic rings. The summed E-state index contributed by atoms with van der Waals surface area (Å²) in [5, 5.41) is 9.53. The van der Waals surface area contributed by atoms with E-state index in [1.807, 2.05) is 19.1 Å². The van der Waals surface area contributed by atoms with Crippen LogP contribution in [0.1, 0.15) is 37.8 Å². The van der Waals surface area contributed by atoms with Crippen molar-refractivity contribution >= 4 is 10.0 Å². The van der Waals surface area contributed by atoms with Crippen molar-refractivity contribution in [3.05, 3.63) is 29.3 Å². The van der Waals surface area contributed by atoms with Crippen LogP contribution < -0.4 is 0 Å². The highest BCUT2D eigenvalue weighted by molar-refractivity contribution is 7.89. The van der Waals surface area contributed by atoms with E-state index in [-0.39, 0.29) is 12.1 Å². The smallest absolute Gasteiger partial charge is 0.243 e. The van der Waals surface area contributed by atoms with Crippen molar-refractivity contribution in [1.29, 1.82) is 0 Å². The molecule has 1 aliphatic heterocycles. The molecule has 0 amide bonds. The molecule has 3 rings (SSSR count). The van der Waals surface area contributed by atoms with Gasteiger partial charge in [-0.15, -0.1) is 0 Å². The SMILES string of the molecule is CC(O)CN1CCN(S(=O)(=O)c2ccc3c(c2)CCCC3)C(C)C1. The first-order chi connectivity index (χ1) is 11.4. The van der Waals surface area contributed by atoms with Gasteiger partial charge in [-0.1, -0.05) is 6.07 Å². The van der Waals surface area contributed by atoms with Crippen molar-refractivity contribution < 1.29 is 13.5 Å². The van der Waals surface area contributed by atoms with Crippen molar-refractivity contribution in [3.8, 4) is 0 Å². The van der Waals surface area contributed by atoms with E-state index in [1.165, 1.54) is 17.5 Å². The summed E-state index contributed by atoms with van der Waals surface area (Å²) >= 11 is 0. The molecule has 1 N–H and O–H groups in total. The first-order valence-electron chi connectivity index (χ1n) is 8.92. The van der Waals surface area contributed by atoms with Crippen molar-refractivity contribution in [2.24, 2.45) is 0 Å². The Kier molecular flexibility index (Phi) is 5.30. The number of aryl methyl sites for hydroxylation is 2. The fraction of sp³-hybridized carbons (Fsp3) is 0.667. The van der Waals surface area contributed by atoms with Crippen LogP contribution in [0.2, 0.25) is 0 Å². The van der Waals surface area contributed by atoms with Crippen molar-refractivity contribution in [2.75, 3.05) is 26.2 Å². The normalized spacial score (nSPS) is 24.5. The maximum atomic E-state index is 13.1. The molecule has 0 bridgehead atoms. The van der Waals surface area contributed by atoms with E-state index >= 15 is 0 Å². The Balaban J connectivity index is 1.78. The van der Waals surface area contributed by atoms with Crippen molar-refractivity contribution in [2.45, 2.75) is 56.6 Å². The van der Waals surface area contributed by atoms with Crippen LogP contribution in [-0.2, 0) is 22.9 Å². The fourth-order valence-corrected chi connectivity index (χ4v) is 5.58. The van der Waals surface area contributed by atoms with Crippen molar-refractivity contribution in [1.82, 2.24) is 9.21 Å². The Labute approximate surface area is 145 Å². The van der Waals surface area contributed by atoms with E-state index in [0.29, 0.717) is 31.1 Å². The standard InChI is InChI=1S/C18H28N2O3S/c1-14-12-19(13-15(2)21)9-10-20(14)24(22,23)18-8-7-16-5-3-4-6-17(16)11-18/h7-8,11,14-15,21H,3-6,9-10,12-13H2,1-2H3. The topological polar surface area (TPSA) is 60.9 Å². The lowest BCUT2D eigenvalue weighted by atomic mass is 9.92. The molecule has 1 heterocycles. The van der Waals surface area contributed by atoms with Crippen LogP contribution in [0.4, 0.5) is 0 Å². The molecule has 0 spiro atoms. The summed E-state index contributed by atoms with van der Waals surface area (Å²) in [7, 11) is -3.45. The molecule has 5 nitrogen and oxygen atoms in total. The van der Waals surface area contributed by atoms with Gasteiger partial charge < -0.3 is 5.11 Å². The molecule has 1 aromatic carbocycles. The number of β-amino-alcohol motifs (C(OH)–C–C–N with tert-alkyl or cyclic N) is 1. The maximum Gasteiger partial charge on any atom is 0.243 e. The van der Waals surface area contributed by atoms with Crippen LogP contribution >= 0.6 is 0 Å². The third-order valence-corrected chi connectivity index (χ3v) is 7.11. The highest BCUT2D eigenvalue weighted by Crippen LogP contribution is 2.27. The lowest BCUT2D eigenvalue weighted by Gasteiger charge is -2.39. The zero-order valence-electron chi connectivity index (χ0n) is 14.6. The molecular weight excluding hydrogens is 324 g/mol. The lowest BCUT2D eigenvalue weighted by Crippen LogP contribution is -2.54. The monoisotopic (exact) mass is 352 g/mol. The summed E-state index contributed by atoms with van der Waals surface area (Å²) in [4.78, 5) is 2.56. The predicted molar refractivity (Wildman–Crippen MR) is 94.6 cm³/mol. The average Bonchev–Trinajstić information content (AvgIpc) is 2.53. The first kappa shape index (κ1) is 17.9. The van der Waals surface area contributed by atoms with Crippen LogP contribution in [0, 0.1) is 0 Å². The quantitative estimate of drug-likeness (QED) is 0.895. The molecule has 2 unspecified atom stereocenters. The van der Waals surface area contributed by atoms with Gasteiger partial charge in [0.15, 0.2) is 0 Å². The van der Waals surface area contributed by atoms with Gasteiger partial charge in [-0.2, -0.15) is 4.31 Å². The Hall–Kier alpha value is -0.950. The summed E-state index contributed by atoms with van der Waals surface area (Å²) < 4.78 is 27.8. The van der Waals surface area contributed by atoms with Crippen LogP contribution in [0.15, 0.2) is 23.1 Å². The number of sulfonamides is 1. The second-order valence-corrected chi connectivity index (χ2v) is 9.10. The first-order valence-corrected chi connectivity index (χ1v) is 10.4. The third-order valence-electron chi connectivity index (χ3n) is 5.10. The molecule has 2 atom stereocenters. The fourth-order valence-electron chi connectivity index (χ4n) is 3.92. The van der Waals surface area contributed by atoms with Crippen molar-refractivity contribution in [3.63, 3.8) is 0 Å². The second-order valence-electron chi connectivity index (χ2n) is 7.21. The summed E-state index contributed by atoms with van der Waals surface area (Å²) in [6.45, 7) is 6.11. The molecule has 0 saturated carbocycles. The van der Waals surface area contributed by atoms with Gasteiger partial charge in [-0.3, -0.25) is 4.90 Å². The van der Waals surface area contributed by atoms with Crippen LogP contribution in [0.25, 0.3) is 0 Å². The molecule has 24 heavy (non-hydrogen) atoms. The molecule has 134 valence electrons. The summed E-state index contributed by atoms with van der Waals surface area (Å²) in [6, 6.07) is 5.57. The highest BCUT2D eigenvalue weighted by atomic mass is 32.2. The van der Waals surface area contributed by atoms with E-state index in [9.17, 15) is 13.5 Å². The summed E-state index contributed by atoms with van der Waals surface area (Å²) in [5.74, 6) is 0. The highest BCUT2D eigenvalue weighted by Gasteiger charge is 2.34. The van der Waals surface area contributed by atoms with E-state index < -0.39 is 10.0 Å². The molecular formula is C18H28N2O3S. The van der Waals surface area contributed by atoms with Crippen LogP contribution in [0.3, 0.4) is 0 Å². The Morgan fingerprint density at radius 2 is 1.92 bits per heavy atom. The molecule has 1 aromatic rings. The minimum Gasteiger partial charge on any atom is -0.392 e. The number of benzene rings is 1. The minimum atomic E-state index is -3.45. The van der Waals surface area contributed by atoms with Gasteiger partial charge in [0.25, 0.3) is 0 Å². The van der Waals surface area contributed by atoms with E-state index in [0.717, 1.165) is 19.3 Å². The third kappa shape index (κ3) is 3.67. The van der Waals surface area contributed by atoms with Gasteiger partial charge in [0.2, 0.25) is 10.0 Å². The molecule has 6 heteroatoms. The predicted octanol–water partition coefficient (Wildman–Crippen LogP) is 1.64. The van der Waals surface area contributed by atoms with E-state index in [1.54, 1.807) is 17.3 Å². The Morgan fingerprint density at radius 1 is 1.21 bits per heavy atom. The largest absolute Gasteiger partial charge is 0.392 e. The molecule has 1 fully saturated rings. The maximum absolute atomic E-state index is 13.1. The van der Waals surface area contributed by atoms with Crippen LogP contribution in [-0.4, -0.2) is 61.1 Å². The number of rotatable bonds is 4. The van der Waals surface area contributed by atoms with Gasteiger partial charge >= 0.3 is 0 Å². The van der Waals surface area contributed by atoms with Gasteiger partial charge in [0, 0.05) is 32.2 Å². The van der Waals surface area contributed by atoms with Gasteiger partial charge in [-0.25, -0.2) is 8.42 Å². The number of aliphatic hydroxyl groups is 1. The van der Waals surface area contributed by atoms with E-state index in [2.05, 4.69) is 4.90 Å². The van der Waals surface area contributed by atoms with Gasteiger partial charge in [0.1, 0.15) is 0 Å². The lowest BCUT2D eigenvalue weighted by molar-refractivity contribution is 0.0840. The number of fused-ring (bicyclic) bond motifs is 1. The minimum absolute atomic E-state index is 0.0847. The number of hydrogen-bond donors (Lipinski definition) is 1. The zero-order chi connectivity index (χ0) is 17.3. The number of piperazine rings is 1.